The highest BCUT2D eigenvalue weighted by molar-refractivity contribution is 6.74. The molecular formula is C18H28O2Si. The van der Waals surface area contributed by atoms with Gasteiger partial charge in [0.1, 0.15) is 0 Å². The summed E-state index contributed by atoms with van der Waals surface area (Å²) in [5.74, 6) is 0.594. The summed E-state index contributed by atoms with van der Waals surface area (Å²) in [5, 5.41) is 0.211. The van der Waals surface area contributed by atoms with Crippen LogP contribution in [0.2, 0.25) is 18.1 Å². The molecule has 0 aliphatic heterocycles. The number of ketones is 1. The molecule has 0 heterocycles. The quantitative estimate of drug-likeness (QED) is 0.540. The van der Waals surface area contributed by atoms with Crippen molar-refractivity contribution in [3.63, 3.8) is 0 Å². The molecule has 1 aromatic rings. The Kier molecular flexibility index (Phi) is 4.46. The van der Waals surface area contributed by atoms with E-state index in [2.05, 4.69) is 40.8 Å². The summed E-state index contributed by atoms with van der Waals surface area (Å²) in [6.45, 7) is 13.4. The summed E-state index contributed by atoms with van der Waals surface area (Å²) in [5.41, 5.74) is 2.01. The number of rotatable bonds is 5. The fourth-order valence-corrected chi connectivity index (χ4v) is 3.56. The maximum atomic E-state index is 12.0. The second-order valence-electron chi connectivity index (χ2n) is 7.78. The zero-order valence-electron chi connectivity index (χ0n) is 14.2. The number of carbonyl (C=O) groups excluding carboxylic acids is 1. The van der Waals surface area contributed by atoms with Gasteiger partial charge in [0.2, 0.25) is 0 Å². The van der Waals surface area contributed by atoms with Crippen molar-refractivity contribution in [2.75, 3.05) is 0 Å². The zero-order valence-corrected chi connectivity index (χ0v) is 15.2. The average Bonchev–Trinajstić information content (AvgIpc) is 3.20. The highest BCUT2D eigenvalue weighted by atomic mass is 28.4. The molecule has 0 bridgehead atoms. The second kappa shape index (κ2) is 5.69. The van der Waals surface area contributed by atoms with Gasteiger partial charge in [-0.25, -0.2) is 0 Å². The smallest absolute Gasteiger partial charge is 0.192 e. The first-order valence-electron chi connectivity index (χ1n) is 7.94. The van der Waals surface area contributed by atoms with Crippen molar-refractivity contribution in [3.8, 4) is 0 Å². The third-order valence-electron chi connectivity index (χ3n) is 4.89. The first-order valence-corrected chi connectivity index (χ1v) is 10.8. The van der Waals surface area contributed by atoms with Crippen LogP contribution in [0.5, 0.6) is 0 Å². The highest BCUT2D eigenvalue weighted by Gasteiger charge is 2.38. The van der Waals surface area contributed by atoms with E-state index in [1.807, 2.05) is 24.3 Å². The molecule has 1 aliphatic rings. The van der Waals surface area contributed by atoms with E-state index in [9.17, 15) is 4.79 Å². The SMILES string of the molecule is CC(O[Si](C)(C)C(C)(C)C)c1ccc(C(=O)C2CC2)cc1. The third kappa shape index (κ3) is 3.83. The van der Waals surface area contributed by atoms with Crippen LogP contribution in [0.3, 0.4) is 0 Å². The summed E-state index contributed by atoms with van der Waals surface area (Å²) < 4.78 is 6.40. The van der Waals surface area contributed by atoms with Crippen LogP contribution < -0.4 is 0 Å². The van der Waals surface area contributed by atoms with E-state index in [-0.39, 0.29) is 17.1 Å². The molecular weight excluding hydrogens is 276 g/mol. The summed E-state index contributed by atoms with van der Waals surface area (Å²) in [6, 6.07) is 8.02. The van der Waals surface area contributed by atoms with Gasteiger partial charge in [-0.05, 0) is 43.5 Å². The summed E-state index contributed by atoms with van der Waals surface area (Å²) in [6.07, 6.45) is 2.20. The van der Waals surface area contributed by atoms with Crippen molar-refractivity contribution < 1.29 is 9.22 Å². The first kappa shape index (κ1) is 16.4. The number of benzene rings is 1. The van der Waals surface area contributed by atoms with Crippen LogP contribution in [-0.4, -0.2) is 14.1 Å². The van der Waals surface area contributed by atoms with Crippen LogP contribution in [0, 0.1) is 5.92 Å². The fourth-order valence-electron chi connectivity index (χ4n) is 2.19. The molecule has 1 aromatic carbocycles. The van der Waals surface area contributed by atoms with E-state index in [1.165, 1.54) is 0 Å². The van der Waals surface area contributed by atoms with Gasteiger partial charge in [-0.15, -0.1) is 0 Å². The Balaban J connectivity index is 2.06. The fraction of sp³-hybridized carbons (Fsp3) is 0.611. The molecule has 1 unspecified atom stereocenters. The summed E-state index contributed by atoms with van der Waals surface area (Å²) in [7, 11) is -1.76. The minimum atomic E-state index is -1.76. The van der Waals surface area contributed by atoms with Crippen molar-refractivity contribution in [2.45, 2.75) is 64.8 Å². The Labute approximate surface area is 130 Å². The first-order chi connectivity index (χ1) is 9.62. The number of hydrogen-bond donors (Lipinski definition) is 0. The van der Waals surface area contributed by atoms with Gasteiger partial charge in [0.05, 0.1) is 6.10 Å². The minimum absolute atomic E-state index is 0.0796. The van der Waals surface area contributed by atoms with Gasteiger partial charge >= 0.3 is 0 Å². The summed E-state index contributed by atoms with van der Waals surface area (Å²) in [4.78, 5) is 12.0. The molecule has 1 saturated carbocycles. The number of Topliss-reactive ketones (excluding diaryl/α,β-unsaturated/α-hetero) is 1. The Morgan fingerprint density at radius 2 is 1.71 bits per heavy atom. The Morgan fingerprint density at radius 1 is 1.19 bits per heavy atom. The molecule has 2 nitrogen and oxygen atoms in total. The molecule has 0 aromatic heterocycles. The maximum Gasteiger partial charge on any atom is 0.192 e. The normalized spacial score (nSPS) is 17.6. The topological polar surface area (TPSA) is 26.3 Å². The van der Waals surface area contributed by atoms with E-state index in [1.54, 1.807) is 0 Å². The molecule has 0 radical (unpaired) electrons. The van der Waals surface area contributed by atoms with Gasteiger partial charge < -0.3 is 4.43 Å². The molecule has 2 rings (SSSR count). The molecule has 1 fully saturated rings. The monoisotopic (exact) mass is 304 g/mol. The highest BCUT2D eigenvalue weighted by Crippen LogP contribution is 2.39. The minimum Gasteiger partial charge on any atom is -0.410 e. The molecule has 0 N–H and O–H groups in total. The zero-order chi connectivity index (χ0) is 15.8. The van der Waals surface area contributed by atoms with Gasteiger partial charge in [-0.2, -0.15) is 0 Å². The van der Waals surface area contributed by atoms with Crippen molar-refractivity contribution in [1.82, 2.24) is 0 Å². The van der Waals surface area contributed by atoms with E-state index in [0.717, 1.165) is 24.0 Å². The third-order valence-corrected chi connectivity index (χ3v) is 9.45. The standard InChI is InChI=1S/C18H28O2Si/c1-13(20-21(5,6)18(2,3)4)14-7-9-15(10-8-14)17(19)16-11-12-16/h7-10,13,16H,11-12H2,1-6H3. The van der Waals surface area contributed by atoms with Gasteiger partial charge in [-0.3, -0.25) is 4.79 Å². The molecule has 0 spiro atoms. The van der Waals surface area contributed by atoms with Crippen molar-refractivity contribution in [3.05, 3.63) is 35.4 Å². The predicted octanol–water partition coefficient (Wildman–Crippen LogP) is 5.36. The summed E-state index contributed by atoms with van der Waals surface area (Å²) >= 11 is 0. The van der Waals surface area contributed by atoms with Gasteiger partial charge in [-0.1, -0.05) is 45.0 Å². The molecule has 116 valence electrons. The van der Waals surface area contributed by atoms with E-state index in [4.69, 9.17) is 4.43 Å². The molecule has 0 amide bonds. The van der Waals surface area contributed by atoms with Crippen LogP contribution in [-0.2, 0) is 4.43 Å². The number of carbonyl (C=O) groups is 1. The van der Waals surface area contributed by atoms with Crippen LogP contribution in [0.15, 0.2) is 24.3 Å². The number of hydrogen-bond acceptors (Lipinski definition) is 2. The van der Waals surface area contributed by atoms with Gasteiger partial charge in [0, 0.05) is 11.5 Å². The van der Waals surface area contributed by atoms with Crippen molar-refractivity contribution >= 4 is 14.1 Å². The molecule has 3 heteroatoms. The van der Waals surface area contributed by atoms with Crippen molar-refractivity contribution in [2.24, 2.45) is 5.92 Å². The molecule has 1 aliphatic carbocycles. The lowest BCUT2D eigenvalue weighted by Gasteiger charge is -2.38. The maximum absolute atomic E-state index is 12.0. The van der Waals surface area contributed by atoms with Crippen LogP contribution >= 0.6 is 0 Å². The lowest BCUT2D eigenvalue weighted by Crippen LogP contribution is -2.41. The van der Waals surface area contributed by atoms with Crippen molar-refractivity contribution in [1.29, 1.82) is 0 Å². The van der Waals surface area contributed by atoms with E-state index >= 15 is 0 Å². The molecule has 0 saturated heterocycles. The lowest BCUT2D eigenvalue weighted by molar-refractivity contribution is 0.0967. The molecule has 21 heavy (non-hydrogen) atoms. The average molecular weight is 305 g/mol. The lowest BCUT2D eigenvalue weighted by atomic mass is 10.0. The second-order valence-corrected chi connectivity index (χ2v) is 12.5. The van der Waals surface area contributed by atoms with E-state index < -0.39 is 8.32 Å². The van der Waals surface area contributed by atoms with Crippen LogP contribution in [0.1, 0.15) is 62.6 Å². The van der Waals surface area contributed by atoms with Gasteiger partial charge in [0.15, 0.2) is 14.1 Å². The Bertz CT molecular complexity index is 507. The Hall–Kier alpha value is -0.933. The molecule has 1 atom stereocenters. The van der Waals surface area contributed by atoms with Gasteiger partial charge in [0.25, 0.3) is 0 Å². The predicted molar refractivity (Wildman–Crippen MR) is 90.2 cm³/mol. The largest absolute Gasteiger partial charge is 0.410 e. The van der Waals surface area contributed by atoms with Crippen LogP contribution in [0.4, 0.5) is 0 Å². The Morgan fingerprint density at radius 3 is 2.14 bits per heavy atom. The van der Waals surface area contributed by atoms with Crippen LogP contribution in [0.25, 0.3) is 0 Å². The van der Waals surface area contributed by atoms with E-state index in [0.29, 0.717) is 5.78 Å².